The molecule has 1 fully saturated rings. The monoisotopic (exact) mass is 403 g/mol. The molecular weight excluding hydrogens is 378 g/mol. The minimum atomic E-state index is -0.179. The van der Waals surface area contributed by atoms with Gasteiger partial charge in [-0.3, -0.25) is 9.59 Å². The number of hydrogen-bond donors (Lipinski definition) is 1. The Bertz CT molecular complexity index is 824. The van der Waals surface area contributed by atoms with E-state index in [0.29, 0.717) is 30.0 Å². The van der Waals surface area contributed by atoms with Crippen LogP contribution in [-0.2, 0) is 16.1 Å². The highest BCUT2D eigenvalue weighted by Gasteiger charge is 2.27. The first kappa shape index (κ1) is 20.4. The number of carbonyl (C=O) groups excluding carboxylic acids is 2. The highest BCUT2D eigenvalue weighted by atomic mass is 35.5. The Hall–Kier alpha value is -2.34. The van der Waals surface area contributed by atoms with Gasteiger partial charge in [0.15, 0.2) is 0 Å². The van der Waals surface area contributed by atoms with Crippen molar-refractivity contribution in [2.75, 3.05) is 13.7 Å². The van der Waals surface area contributed by atoms with E-state index in [0.717, 1.165) is 31.2 Å². The summed E-state index contributed by atoms with van der Waals surface area (Å²) in [6.45, 7) is 3.11. The number of carbonyl (C=O) groups is 2. The number of aromatic nitrogens is 2. The number of imidazole rings is 1. The number of rotatable bonds is 6. The maximum Gasteiger partial charge on any atom is 0.308 e. The van der Waals surface area contributed by atoms with Gasteiger partial charge in [-0.05, 0) is 55.7 Å². The van der Waals surface area contributed by atoms with Gasteiger partial charge in [-0.15, -0.1) is 0 Å². The molecular formula is C21H26ClN3O3. The summed E-state index contributed by atoms with van der Waals surface area (Å²) >= 11 is 6.21. The van der Waals surface area contributed by atoms with Gasteiger partial charge >= 0.3 is 5.97 Å². The van der Waals surface area contributed by atoms with Crippen LogP contribution in [0.25, 0.3) is 0 Å². The van der Waals surface area contributed by atoms with Crippen LogP contribution in [0.15, 0.2) is 30.5 Å². The third-order valence-electron chi connectivity index (χ3n) is 5.43. The summed E-state index contributed by atoms with van der Waals surface area (Å²) in [7, 11) is 1.43. The Morgan fingerprint density at radius 1 is 1.21 bits per heavy atom. The first-order valence-corrected chi connectivity index (χ1v) is 9.98. The standard InChI is InChI=1S/C21H26ClN3O3/c1-14-3-5-16(6-4-14)13-25-18(12-24-21(25)22)19(26)23-11-15-7-9-17(10-8-15)20(27)28-2/h3-6,12,15,17H,7-11,13H2,1-2H3,(H,23,26)/t15-,17-. The normalized spacial score (nSPS) is 19.2. The van der Waals surface area contributed by atoms with E-state index in [1.165, 1.54) is 18.9 Å². The maximum atomic E-state index is 12.7. The largest absolute Gasteiger partial charge is 0.469 e. The van der Waals surface area contributed by atoms with Gasteiger partial charge in [-0.25, -0.2) is 4.98 Å². The third-order valence-corrected chi connectivity index (χ3v) is 5.74. The first-order valence-electron chi connectivity index (χ1n) is 9.60. The van der Waals surface area contributed by atoms with Crippen molar-refractivity contribution in [1.82, 2.24) is 14.9 Å². The molecule has 0 bridgehead atoms. The lowest BCUT2D eigenvalue weighted by Crippen LogP contribution is -2.33. The van der Waals surface area contributed by atoms with E-state index in [1.54, 1.807) is 4.57 Å². The molecule has 150 valence electrons. The van der Waals surface area contributed by atoms with Crippen molar-refractivity contribution in [3.63, 3.8) is 0 Å². The fourth-order valence-corrected chi connectivity index (χ4v) is 3.86. The molecule has 0 spiro atoms. The molecule has 0 saturated heterocycles. The zero-order valence-corrected chi connectivity index (χ0v) is 17.0. The highest BCUT2D eigenvalue weighted by molar-refractivity contribution is 6.28. The van der Waals surface area contributed by atoms with Gasteiger partial charge in [0.05, 0.1) is 25.8 Å². The first-order chi connectivity index (χ1) is 13.5. The van der Waals surface area contributed by atoms with Crippen LogP contribution >= 0.6 is 11.6 Å². The molecule has 6 nitrogen and oxygen atoms in total. The quantitative estimate of drug-likeness (QED) is 0.748. The zero-order chi connectivity index (χ0) is 20.1. The zero-order valence-electron chi connectivity index (χ0n) is 16.3. The van der Waals surface area contributed by atoms with Crippen molar-refractivity contribution in [2.24, 2.45) is 11.8 Å². The maximum absolute atomic E-state index is 12.7. The lowest BCUT2D eigenvalue weighted by molar-refractivity contribution is -0.146. The van der Waals surface area contributed by atoms with Crippen LogP contribution in [0.2, 0.25) is 5.28 Å². The van der Waals surface area contributed by atoms with Crippen molar-refractivity contribution in [3.8, 4) is 0 Å². The summed E-state index contributed by atoms with van der Waals surface area (Å²) in [5.74, 6) is 0.0548. The molecule has 1 saturated carbocycles. The predicted octanol–water partition coefficient (Wildman–Crippen LogP) is 3.60. The van der Waals surface area contributed by atoms with E-state index < -0.39 is 0 Å². The summed E-state index contributed by atoms with van der Waals surface area (Å²) in [5.41, 5.74) is 2.69. The Morgan fingerprint density at radius 3 is 2.54 bits per heavy atom. The second-order valence-electron chi connectivity index (χ2n) is 7.44. The number of nitrogens with zero attached hydrogens (tertiary/aromatic N) is 2. The van der Waals surface area contributed by atoms with Gasteiger partial charge in [0.25, 0.3) is 5.91 Å². The van der Waals surface area contributed by atoms with E-state index in [9.17, 15) is 9.59 Å². The molecule has 0 radical (unpaired) electrons. The van der Waals surface area contributed by atoms with Gasteiger partial charge in [-0.1, -0.05) is 29.8 Å². The van der Waals surface area contributed by atoms with Gasteiger partial charge in [0.2, 0.25) is 5.28 Å². The summed E-state index contributed by atoms with van der Waals surface area (Å²) in [5, 5.41) is 3.30. The third kappa shape index (κ3) is 4.93. The molecule has 3 rings (SSSR count). The highest BCUT2D eigenvalue weighted by Crippen LogP contribution is 2.29. The second-order valence-corrected chi connectivity index (χ2v) is 7.77. The van der Waals surface area contributed by atoms with E-state index in [1.807, 2.05) is 31.2 Å². The smallest absolute Gasteiger partial charge is 0.308 e. The molecule has 2 aromatic rings. The van der Waals surface area contributed by atoms with Crippen molar-refractivity contribution >= 4 is 23.5 Å². The average Bonchev–Trinajstić information content (AvgIpc) is 3.08. The number of methoxy groups -OCH3 is 1. The van der Waals surface area contributed by atoms with Gasteiger partial charge < -0.3 is 14.6 Å². The number of esters is 1. The average molecular weight is 404 g/mol. The van der Waals surface area contributed by atoms with E-state index in [2.05, 4.69) is 10.3 Å². The molecule has 7 heteroatoms. The second kappa shape index (κ2) is 9.24. The number of hydrogen-bond acceptors (Lipinski definition) is 4. The van der Waals surface area contributed by atoms with Gasteiger partial charge in [-0.2, -0.15) is 0 Å². The van der Waals surface area contributed by atoms with E-state index >= 15 is 0 Å². The Morgan fingerprint density at radius 2 is 1.89 bits per heavy atom. The number of aryl methyl sites for hydroxylation is 1. The SMILES string of the molecule is COC(=O)[C@H]1CC[C@H](CNC(=O)c2cnc(Cl)n2Cc2ccc(C)cc2)CC1. The molecule has 1 aromatic carbocycles. The molecule has 1 amide bonds. The fourth-order valence-electron chi connectivity index (χ4n) is 3.66. The Balaban J connectivity index is 1.57. The molecule has 1 heterocycles. The van der Waals surface area contributed by atoms with E-state index in [-0.39, 0.29) is 17.8 Å². The van der Waals surface area contributed by atoms with Crippen molar-refractivity contribution in [2.45, 2.75) is 39.2 Å². The fraction of sp³-hybridized carbons (Fsp3) is 0.476. The van der Waals surface area contributed by atoms with Crippen LogP contribution in [0.1, 0.15) is 47.3 Å². The summed E-state index contributed by atoms with van der Waals surface area (Å²) < 4.78 is 6.54. The van der Waals surface area contributed by atoms with E-state index in [4.69, 9.17) is 16.3 Å². The number of ether oxygens (including phenoxy) is 1. The summed E-state index contributed by atoms with van der Waals surface area (Å²) in [4.78, 5) is 28.4. The number of benzene rings is 1. The molecule has 0 aliphatic heterocycles. The van der Waals surface area contributed by atoms with Crippen molar-refractivity contribution < 1.29 is 14.3 Å². The molecule has 0 atom stereocenters. The Kier molecular flexibility index (Phi) is 6.73. The van der Waals surface area contributed by atoms with Crippen molar-refractivity contribution in [3.05, 3.63) is 52.6 Å². The molecule has 1 aliphatic rings. The number of nitrogens with one attached hydrogen (secondary N) is 1. The summed E-state index contributed by atoms with van der Waals surface area (Å²) in [6, 6.07) is 8.11. The lowest BCUT2D eigenvalue weighted by Gasteiger charge is -2.27. The van der Waals surface area contributed by atoms with Gasteiger partial charge in [0.1, 0.15) is 5.69 Å². The van der Waals surface area contributed by atoms with Crippen molar-refractivity contribution in [1.29, 1.82) is 0 Å². The Labute approximate surface area is 170 Å². The summed E-state index contributed by atoms with van der Waals surface area (Å²) in [6.07, 6.45) is 4.95. The predicted molar refractivity (Wildman–Crippen MR) is 107 cm³/mol. The van der Waals surface area contributed by atoms with Crippen LogP contribution in [-0.4, -0.2) is 35.1 Å². The van der Waals surface area contributed by atoms with Crippen LogP contribution in [0.5, 0.6) is 0 Å². The number of halogens is 1. The van der Waals surface area contributed by atoms with Gasteiger partial charge in [0, 0.05) is 6.54 Å². The van der Waals surface area contributed by atoms with Crippen LogP contribution < -0.4 is 5.32 Å². The molecule has 1 aliphatic carbocycles. The number of amides is 1. The van der Waals surface area contributed by atoms with Crippen LogP contribution in [0.4, 0.5) is 0 Å². The molecule has 1 aromatic heterocycles. The van der Waals surface area contributed by atoms with Crippen LogP contribution in [0.3, 0.4) is 0 Å². The molecule has 1 N–H and O–H groups in total. The minimum Gasteiger partial charge on any atom is -0.469 e. The topological polar surface area (TPSA) is 73.2 Å². The lowest BCUT2D eigenvalue weighted by atomic mass is 9.82. The molecule has 28 heavy (non-hydrogen) atoms. The van der Waals surface area contributed by atoms with Crippen LogP contribution in [0, 0.1) is 18.8 Å². The minimum absolute atomic E-state index is 0.00769. The molecule has 0 unspecified atom stereocenters.